The van der Waals surface area contributed by atoms with E-state index in [0.717, 1.165) is 24.9 Å². The van der Waals surface area contributed by atoms with Crippen LogP contribution in [0.3, 0.4) is 0 Å². The summed E-state index contributed by atoms with van der Waals surface area (Å²) in [7, 11) is 0. The summed E-state index contributed by atoms with van der Waals surface area (Å²) in [5.41, 5.74) is 0. The second-order valence-electron chi connectivity index (χ2n) is 4.95. The fourth-order valence-corrected chi connectivity index (χ4v) is 2.36. The second kappa shape index (κ2) is 5.53. The summed E-state index contributed by atoms with van der Waals surface area (Å²) in [5.74, 6) is 3.59. The Morgan fingerprint density at radius 2 is 2.20 bits per heavy atom. The molecule has 1 saturated heterocycles. The van der Waals surface area contributed by atoms with Crippen molar-refractivity contribution in [3.8, 4) is 12.3 Å². The highest BCUT2D eigenvalue weighted by Crippen LogP contribution is 2.21. The Bertz CT molecular complexity index is 227. The zero-order valence-corrected chi connectivity index (χ0v) is 9.54. The number of hydrogen-bond acceptors (Lipinski definition) is 2. The zero-order chi connectivity index (χ0) is 10.5. The molecule has 1 atom stereocenters. The normalized spacial score (nSPS) is 27.5. The number of piperidine rings is 1. The molecule has 2 nitrogen and oxygen atoms in total. The van der Waals surface area contributed by atoms with E-state index < -0.39 is 0 Å². The molecule has 0 aromatic heterocycles. The van der Waals surface area contributed by atoms with Crippen molar-refractivity contribution < 1.29 is 0 Å². The van der Waals surface area contributed by atoms with Crippen LogP contribution in [0.2, 0.25) is 0 Å². The molecule has 2 heteroatoms. The Labute approximate surface area is 93.4 Å². The van der Waals surface area contributed by atoms with E-state index in [1.54, 1.807) is 0 Å². The molecule has 0 aromatic carbocycles. The van der Waals surface area contributed by atoms with Gasteiger partial charge in [-0.25, -0.2) is 0 Å². The van der Waals surface area contributed by atoms with Crippen molar-refractivity contribution in [3.63, 3.8) is 0 Å². The molecule has 0 radical (unpaired) electrons. The zero-order valence-electron chi connectivity index (χ0n) is 9.54. The molecule has 1 aliphatic heterocycles. The molecule has 2 rings (SSSR count). The molecular formula is C13H22N2. The molecule has 1 heterocycles. The maximum atomic E-state index is 5.30. The minimum atomic E-state index is 0.853. The second-order valence-corrected chi connectivity index (χ2v) is 4.95. The Morgan fingerprint density at radius 3 is 2.93 bits per heavy atom. The van der Waals surface area contributed by atoms with E-state index in [2.05, 4.69) is 16.1 Å². The average Bonchev–Trinajstić information content (AvgIpc) is 3.08. The van der Waals surface area contributed by atoms with Crippen LogP contribution in [0.4, 0.5) is 0 Å². The Kier molecular flexibility index (Phi) is 4.05. The fourth-order valence-electron chi connectivity index (χ4n) is 2.36. The van der Waals surface area contributed by atoms with Gasteiger partial charge >= 0.3 is 0 Å². The van der Waals surface area contributed by atoms with Gasteiger partial charge in [-0.2, -0.15) is 0 Å². The van der Waals surface area contributed by atoms with Gasteiger partial charge in [0.05, 0.1) is 0 Å². The molecule has 1 aliphatic carbocycles. The predicted octanol–water partition coefficient (Wildman–Crippen LogP) is 1.47. The van der Waals surface area contributed by atoms with Crippen LogP contribution < -0.4 is 5.32 Å². The van der Waals surface area contributed by atoms with Gasteiger partial charge in [0.2, 0.25) is 0 Å². The lowest BCUT2D eigenvalue weighted by atomic mass is 9.98. The molecule has 0 bridgehead atoms. The standard InChI is InChI=1S/C13H22N2/c1-2-3-8-15-9-4-5-12(11-15)10-14-13-6-7-13/h1,12-14H,3-11H2. The van der Waals surface area contributed by atoms with Gasteiger partial charge in [-0.1, -0.05) is 0 Å². The van der Waals surface area contributed by atoms with Crippen molar-refractivity contribution in [2.24, 2.45) is 5.92 Å². The molecule has 2 fully saturated rings. The highest BCUT2D eigenvalue weighted by Gasteiger charge is 2.24. The number of likely N-dealkylation sites (tertiary alicyclic amines) is 1. The SMILES string of the molecule is C#CCCN1CCCC(CNC2CC2)C1. The van der Waals surface area contributed by atoms with Gasteiger partial charge in [0.1, 0.15) is 0 Å². The molecule has 1 unspecified atom stereocenters. The van der Waals surface area contributed by atoms with Crippen molar-refractivity contribution in [2.45, 2.75) is 38.1 Å². The Hall–Kier alpha value is -0.520. The van der Waals surface area contributed by atoms with E-state index in [4.69, 9.17) is 6.42 Å². The predicted molar refractivity (Wildman–Crippen MR) is 63.6 cm³/mol. The Morgan fingerprint density at radius 1 is 1.33 bits per heavy atom. The van der Waals surface area contributed by atoms with Crippen molar-refractivity contribution in [1.29, 1.82) is 0 Å². The highest BCUT2D eigenvalue weighted by atomic mass is 15.1. The minimum Gasteiger partial charge on any atom is -0.314 e. The summed E-state index contributed by atoms with van der Waals surface area (Å²) in [5, 5.41) is 3.64. The lowest BCUT2D eigenvalue weighted by Crippen LogP contribution is -2.40. The van der Waals surface area contributed by atoms with E-state index in [0.29, 0.717) is 0 Å². The maximum Gasteiger partial charge on any atom is 0.0214 e. The summed E-state index contributed by atoms with van der Waals surface area (Å²) >= 11 is 0. The smallest absolute Gasteiger partial charge is 0.0214 e. The van der Waals surface area contributed by atoms with Crippen LogP contribution in [0.15, 0.2) is 0 Å². The summed E-state index contributed by atoms with van der Waals surface area (Å²) in [4.78, 5) is 2.53. The van der Waals surface area contributed by atoms with E-state index >= 15 is 0 Å². The third kappa shape index (κ3) is 3.85. The lowest BCUT2D eigenvalue weighted by Gasteiger charge is -2.32. The summed E-state index contributed by atoms with van der Waals surface area (Å²) in [6, 6.07) is 0.853. The third-order valence-electron chi connectivity index (χ3n) is 3.45. The average molecular weight is 206 g/mol. The third-order valence-corrected chi connectivity index (χ3v) is 3.45. The van der Waals surface area contributed by atoms with E-state index in [9.17, 15) is 0 Å². The molecule has 2 aliphatic rings. The van der Waals surface area contributed by atoms with Crippen LogP contribution in [0.25, 0.3) is 0 Å². The molecule has 1 N–H and O–H groups in total. The largest absolute Gasteiger partial charge is 0.314 e. The number of hydrogen-bond donors (Lipinski definition) is 1. The maximum absolute atomic E-state index is 5.30. The van der Waals surface area contributed by atoms with Gasteiger partial charge in [0.15, 0.2) is 0 Å². The molecule has 0 spiro atoms. The van der Waals surface area contributed by atoms with E-state index in [-0.39, 0.29) is 0 Å². The highest BCUT2D eigenvalue weighted by molar-refractivity contribution is 4.87. The van der Waals surface area contributed by atoms with Crippen LogP contribution in [0, 0.1) is 18.3 Å². The topological polar surface area (TPSA) is 15.3 Å². The first-order chi connectivity index (χ1) is 7.38. The molecular weight excluding hydrogens is 184 g/mol. The lowest BCUT2D eigenvalue weighted by molar-refractivity contribution is 0.175. The van der Waals surface area contributed by atoms with Crippen molar-refractivity contribution in [2.75, 3.05) is 26.2 Å². The van der Waals surface area contributed by atoms with Gasteiger partial charge in [0, 0.05) is 25.6 Å². The summed E-state index contributed by atoms with van der Waals surface area (Å²) in [6.07, 6.45) is 11.7. The minimum absolute atomic E-state index is 0.853. The fraction of sp³-hybridized carbons (Fsp3) is 0.846. The van der Waals surface area contributed by atoms with Gasteiger partial charge in [0.25, 0.3) is 0 Å². The van der Waals surface area contributed by atoms with E-state index in [1.807, 2.05) is 0 Å². The van der Waals surface area contributed by atoms with Crippen molar-refractivity contribution in [1.82, 2.24) is 10.2 Å². The monoisotopic (exact) mass is 206 g/mol. The summed E-state index contributed by atoms with van der Waals surface area (Å²) in [6.45, 7) is 4.82. The van der Waals surface area contributed by atoms with Crippen LogP contribution in [-0.2, 0) is 0 Å². The molecule has 0 amide bonds. The van der Waals surface area contributed by atoms with Gasteiger partial charge in [-0.15, -0.1) is 12.3 Å². The molecule has 1 saturated carbocycles. The molecule has 15 heavy (non-hydrogen) atoms. The number of terminal acetylenes is 1. The van der Waals surface area contributed by atoms with Crippen LogP contribution in [0.1, 0.15) is 32.1 Å². The first-order valence-electron chi connectivity index (χ1n) is 6.27. The van der Waals surface area contributed by atoms with Gasteiger partial charge in [-0.05, 0) is 44.7 Å². The summed E-state index contributed by atoms with van der Waals surface area (Å²) < 4.78 is 0. The van der Waals surface area contributed by atoms with E-state index in [1.165, 1.54) is 45.3 Å². The van der Waals surface area contributed by atoms with Crippen LogP contribution in [0.5, 0.6) is 0 Å². The first kappa shape index (κ1) is 11.0. The quantitative estimate of drug-likeness (QED) is 0.685. The number of nitrogens with zero attached hydrogens (tertiary/aromatic N) is 1. The van der Waals surface area contributed by atoms with Gasteiger partial charge in [-0.3, -0.25) is 0 Å². The van der Waals surface area contributed by atoms with Crippen molar-refractivity contribution in [3.05, 3.63) is 0 Å². The number of rotatable bonds is 5. The number of nitrogens with one attached hydrogen (secondary N) is 1. The van der Waals surface area contributed by atoms with Crippen molar-refractivity contribution >= 4 is 0 Å². The first-order valence-corrected chi connectivity index (χ1v) is 6.27. The van der Waals surface area contributed by atoms with Gasteiger partial charge < -0.3 is 10.2 Å². The Balaban J connectivity index is 1.64. The molecule has 84 valence electrons. The van der Waals surface area contributed by atoms with Crippen LogP contribution >= 0.6 is 0 Å². The van der Waals surface area contributed by atoms with Crippen LogP contribution in [-0.4, -0.2) is 37.1 Å². The molecule has 0 aromatic rings.